The predicted octanol–water partition coefficient (Wildman–Crippen LogP) is 2.31. The number of rotatable bonds is 2. The van der Waals surface area contributed by atoms with Crippen LogP contribution in [0.4, 0.5) is 5.69 Å². The Morgan fingerprint density at radius 3 is 2.71 bits per heavy atom. The van der Waals surface area contributed by atoms with Crippen molar-refractivity contribution in [3.63, 3.8) is 0 Å². The summed E-state index contributed by atoms with van der Waals surface area (Å²) >= 11 is 3.31. The second kappa shape index (κ2) is 4.46. The van der Waals surface area contributed by atoms with Gasteiger partial charge in [-0.2, -0.15) is 0 Å². The average Bonchev–Trinajstić information content (AvgIpc) is 2.20. The van der Waals surface area contributed by atoms with Crippen LogP contribution in [0.25, 0.3) is 0 Å². The van der Waals surface area contributed by atoms with E-state index in [1.54, 1.807) is 13.0 Å². The van der Waals surface area contributed by atoms with Gasteiger partial charge in [0.2, 0.25) is 0 Å². The maximum absolute atomic E-state index is 11.2. The van der Waals surface area contributed by atoms with Crippen molar-refractivity contribution < 1.29 is 9.53 Å². The zero-order valence-corrected chi connectivity index (χ0v) is 9.67. The molecule has 1 rings (SSSR count). The number of carbonyl (C=O) groups is 1. The molecule has 76 valence electrons. The molecule has 14 heavy (non-hydrogen) atoms. The van der Waals surface area contributed by atoms with E-state index in [1.165, 1.54) is 7.11 Å². The van der Waals surface area contributed by atoms with Crippen LogP contribution in [0.1, 0.15) is 18.4 Å². The molecular weight excluding hydrogens is 246 g/mol. The second-order valence-corrected chi connectivity index (χ2v) is 3.88. The summed E-state index contributed by atoms with van der Waals surface area (Å²) in [4.78, 5) is 11.2. The molecule has 0 heterocycles. The SMILES string of the molecule is COC(=O)C(C)c1ccc(N)c(Br)c1. The summed E-state index contributed by atoms with van der Waals surface area (Å²) in [6, 6.07) is 5.41. The number of anilines is 1. The molecule has 3 nitrogen and oxygen atoms in total. The van der Waals surface area contributed by atoms with Gasteiger partial charge < -0.3 is 10.5 Å². The van der Waals surface area contributed by atoms with Gasteiger partial charge >= 0.3 is 5.97 Å². The van der Waals surface area contributed by atoms with Crippen molar-refractivity contribution >= 4 is 27.6 Å². The number of nitrogen functional groups attached to an aromatic ring is 1. The molecule has 0 radical (unpaired) electrons. The number of methoxy groups -OCH3 is 1. The van der Waals surface area contributed by atoms with Crippen molar-refractivity contribution in [2.75, 3.05) is 12.8 Å². The van der Waals surface area contributed by atoms with E-state index in [9.17, 15) is 4.79 Å². The van der Waals surface area contributed by atoms with E-state index in [-0.39, 0.29) is 11.9 Å². The minimum Gasteiger partial charge on any atom is -0.469 e. The quantitative estimate of drug-likeness (QED) is 0.654. The van der Waals surface area contributed by atoms with Gasteiger partial charge in [0.1, 0.15) is 0 Å². The van der Waals surface area contributed by atoms with Crippen molar-refractivity contribution in [3.05, 3.63) is 28.2 Å². The Kier molecular flexibility index (Phi) is 3.52. The van der Waals surface area contributed by atoms with Crippen molar-refractivity contribution in [1.82, 2.24) is 0 Å². The van der Waals surface area contributed by atoms with Crippen molar-refractivity contribution in [2.24, 2.45) is 0 Å². The molecule has 0 fully saturated rings. The maximum atomic E-state index is 11.2. The lowest BCUT2D eigenvalue weighted by molar-refractivity contribution is -0.141. The van der Waals surface area contributed by atoms with Gasteiger partial charge in [-0.3, -0.25) is 4.79 Å². The van der Waals surface area contributed by atoms with Gasteiger partial charge in [0, 0.05) is 10.2 Å². The number of esters is 1. The van der Waals surface area contributed by atoms with E-state index in [0.29, 0.717) is 5.69 Å². The van der Waals surface area contributed by atoms with Gasteiger partial charge in [0.15, 0.2) is 0 Å². The van der Waals surface area contributed by atoms with Gasteiger partial charge in [0.05, 0.1) is 13.0 Å². The minimum absolute atomic E-state index is 0.248. The molecule has 0 aliphatic rings. The Morgan fingerprint density at radius 2 is 2.21 bits per heavy atom. The van der Waals surface area contributed by atoms with Gasteiger partial charge in [0.25, 0.3) is 0 Å². The summed E-state index contributed by atoms with van der Waals surface area (Å²) in [6.07, 6.45) is 0. The summed E-state index contributed by atoms with van der Waals surface area (Å²) in [5.74, 6) is -0.515. The van der Waals surface area contributed by atoms with E-state index in [0.717, 1.165) is 10.0 Å². The van der Waals surface area contributed by atoms with E-state index < -0.39 is 0 Å². The topological polar surface area (TPSA) is 52.3 Å². The Morgan fingerprint density at radius 1 is 1.57 bits per heavy atom. The van der Waals surface area contributed by atoms with Crippen LogP contribution in [0.5, 0.6) is 0 Å². The van der Waals surface area contributed by atoms with Crippen molar-refractivity contribution in [1.29, 1.82) is 0 Å². The molecule has 1 atom stereocenters. The Labute approximate surface area is 91.4 Å². The fourth-order valence-electron chi connectivity index (χ4n) is 1.13. The second-order valence-electron chi connectivity index (χ2n) is 3.03. The van der Waals surface area contributed by atoms with Crippen LogP contribution in [0.3, 0.4) is 0 Å². The largest absolute Gasteiger partial charge is 0.469 e. The smallest absolute Gasteiger partial charge is 0.312 e. The lowest BCUT2D eigenvalue weighted by atomic mass is 10.0. The molecule has 4 heteroatoms. The molecule has 1 unspecified atom stereocenters. The summed E-state index contributed by atoms with van der Waals surface area (Å²) in [6.45, 7) is 1.80. The number of hydrogen-bond donors (Lipinski definition) is 1. The van der Waals surface area contributed by atoms with Crippen molar-refractivity contribution in [2.45, 2.75) is 12.8 Å². The summed E-state index contributed by atoms with van der Waals surface area (Å²) in [5.41, 5.74) is 7.18. The van der Waals surface area contributed by atoms with Gasteiger partial charge in [-0.05, 0) is 40.5 Å². The van der Waals surface area contributed by atoms with Crippen LogP contribution in [0.15, 0.2) is 22.7 Å². The predicted molar refractivity (Wildman–Crippen MR) is 59.0 cm³/mol. The highest BCUT2D eigenvalue weighted by atomic mass is 79.9. The fourth-order valence-corrected chi connectivity index (χ4v) is 1.52. The van der Waals surface area contributed by atoms with Gasteiger partial charge in [-0.1, -0.05) is 6.07 Å². The molecule has 0 aromatic heterocycles. The molecular formula is C10H12BrNO2. The standard InChI is InChI=1S/C10H12BrNO2/c1-6(10(13)14-2)7-3-4-9(12)8(11)5-7/h3-6H,12H2,1-2H3. The van der Waals surface area contributed by atoms with E-state index in [2.05, 4.69) is 20.7 Å². The molecule has 2 N–H and O–H groups in total. The zero-order chi connectivity index (χ0) is 10.7. The molecule has 1 aromatic rings. The summed E-state index contributed by atoms with van der Waals surface area (Å²) in [7, 11) is 1.38. The van der Waals surface area contributed by atoms with Crippen molar-refractivity contribution in [3.8, 4) is 0 Å². The Balaban J connectivity index is 2.96. The molecule has 0 saturated carbocycles. The minimum atomic E-state index is -0.267. The third-order valence-electron chi connectivity index (χ3n) is 2.08. The lowest BCUT2D eigenvalue weighted by Gasteiger charge is -2.10. The molecule has 1 aromatic carbocycles. The summed E-state index contributed by atoms with van der Waals surface area (Å²) in [5, 5.41) is 0. The zero-order valence-electron chi connectivity index (χ0n) is 8.08. The monoisotopic (exact) mass is 257 g/mol. The number of nitrogens with two attached hydrogens (primary N) is 1. The highest BCUT2D eigenvalue weighted by Crippen LogP contribution is 2.25. The molecule has 0 amide bonds. The highest BCUT2D eigenvalue weighted by molar-refractivity contribution is 9.10. The number of halogens is 1. The molecule has 0 saturated heterocycles. The van der Waals surface area contributed by atoms with E-state index in [4.69, 9.17) is 5.73 Å². The third kappa shape index (κ3) is 2.26. The summed E-state index contributed by atoms with van der Waals surface area (Å²) < 4.78 is 5.45. The third-order valence-corrected chi connectivity index (χ3v) is 2.77. The van der Waals surface area contributed by atoms with Crippen LogP contribution in [-0.2, 0) is 9.53 Å². The first-order valence-electron chi connectivity index (χ1n) is 4.19. The van der Waals surface area contributed by atoms with Gasteiger partial charge in [-0.15, -0.1) is 0 Å². The first-order chi connectivity index (χ1) is 6.56. The van der Waals surface area contributed by atoms with Crippen LogP contribution < -0.4 is 5.73 Å². The van der Waals surface area contributed by atoms with Crippen LogP contribution in [0, 0.1) is 0 Å². The number of hydrogen-bond acceptors (Lipinski definition) is 3. The lowest BCUT2D eigenvalue weighted by Crippen LogP contribution is -2.10. The molecule has 0 aliphatic carbocycles. The average molecular weight is 258 g/mol. The Bertz CT molecular complexity index is 352. The maximum Gasteiger partial charge on any atom is 0.312 e. The van der Waals surface area contributed by atoms with Crippen LogP contribution >= 0.6 is 15.9 Å². The van der Waals surface area contributed by atoms with E-state index in [1.807, 2.05) is 12.1 Å². The van der Waals surface area contributed by atoms with Crippen LogP contribution in [-0.4, -0.2) is 13.1 Å². The first kappa shape index (κ1) is 11.0. The van der Waals surface area contributed by atoms with Crippen LogP contribution in [0.2, 0.25) is 0 Å². The fraction of sp³-hybridized carbons (Fsp3) is 0.300. The number of benzene rings is 1. The van der Waals surface area contributed by atoms with E-state index >= 15 is 0 Å². The molecule has 0 aliphatic heterocycles. The number of carbonyl (C=O) groups excluding carboxylic acids is 1. The first-order valence-corrected chi connectivity index (χ1v) is 4.98. The van der Waals surface area contributed by atoms with Gasteiger partial charge in [-0.25, -0.2) is 0 Å². The molecule has 0 bridgehead atoms. The number of ether oxygens (including phenoxy) is 1. The Hall–Kier alpha value is -1.03. The highest BCUT2D eigenvalue weighted by Gasteiger charge is 2.15. The normalized spacial score (nSPS) is 12.2. The molecule has 0 spiro atoms.